The number of carbonyl (C=O) groups excluding carboxylic acids is 1. The molecule has 1 amide bonds. The third-order valence-corrected chi connectivity index (χ3v) is 4.89. The van der Waals surface area contributed by atoms with Gasteiger partial charge in [-0.2, -0.15) is 0 Å². The lowest BCUT2D eigenvalue weighted by atomic mass is 10.0. The number of carbonyl (C=O) groups is 1. The van der Waals surface area contributed by atoms with Crippen LogP contribution in [0, 0.1) is 6.92 Å². The molecule has 138 valence electrons. The maximum atomic E-state index is 12.4. The van der Waals surface area contributed by atoms with Gasteiger partial charge < -0.3 is 10.1 Å². The average molecular weight is 352 g/mol. The van der Waals surface area contributed by atoms with Crippen molar-refractivity contribution < 1.29 is 9.53 Å². The molecular weight excluding hydrogens is 324 g/mol. The smallest absolute Gasteiger partial charge is 0.260 e. The maximum Gasteiger partial charge on any atom is 0.260 e. The molecule has 0 saturated carbocycles. The number of hydrogen-bond donors (Lipinski definition) is 1. The Morgan fingerprint density at radius 2 is 1.77 bits per heavy atom. The quantitative estimate of drug-likeness (QED) is 0.864. The topological polar surface area (TPSA) is 41.6 Å². The minimum atomic E-state index is -0.486. The van der Waals surface area contributed by atoms with Crippen LogP contribution >= 0.6 is 0 Å². The van der Waals surface area contributed by atoms with E-state index in [1.807, 2.05) is 37.3 Å². The Morgan fingerprint density at radius 1 is 1.12 bits per heavy atom. The van der Waals surface area contributed by atoms with Gasteiger partial charge in [0.15, 0.2) is 6.10 Å². The highest BCUT2D eigenvalue weighted by Crippen LogP contribution is 2.16. The highest BCUT2D eigenvalue weighted by Gasteiger charge is 2.23. The molecule has 2 aromatic carbocycles. The molecule has 26 heavy (non-hydrogen) atoms. The van der Waals surface area contributed by atoms with Gasteiger partial charge in [0.2, 0.25) is 0 Å². The Kier molecular flexibility index (Phi) is 6.29. The standard InChI is InChI=1S/C22H28N2O2/c1-17-8-10-21(11-9-17)26-18(2)22(25)23-20-12-14-24(15-13-20)16-19-6-4-3-5-7-19/h3-11,18,20H,12-16H2,1-2H3,(H,23,25)/t18-/m1/s1. The van der Waals surface area contributed by atoms with E-state index in [1.54, 1.807) is 6.92 Å². The molecule has 1 heterocycles. The van der Waals surface area contributed by atoms with E-state index in [-0.39, 0.29) is 11.9 Å². The molecule has 0 aliphatic carbocycles. The molecular formula is C22H28N2O2. The fraction of sp³-hybridized carbons (Fsp3) is 0.409. The minimum absolute atomic E-state index is 0.0351. The first-order valence-electron chi connectivity index (χ1n) is 9.40. The zero-order valence-corrected chi connectivity index (χ0v) is 15.7. The van der Waals surface area contributed by atoms with E-state index < -0.39 is 6.10 Å². The summed E-state index contributed by atoms with van der Waals surface area (Å²) in [6.45, 7) is 6.83. The van der Waals surface area contributed by atoms with Crippen LogP contribution in [0.1, 0.15) is 30.9 Å². The van der Waals surface area contributed by atoms with Crippen LogP contribution in [-0.2, 0) is 11.3 Å². The van der Waals surface area contributed by atoms with E-state index in [9.17, 15) is 4.79 Å². The lowest BCUT2D eigenvalue weighted by Gasteiger charge is -2.32. The second kappa shape index (κ2) is 8.86. The first-order valence-corrected chi connectivity index (χ1v) is 9.40. The van der Waals surface area contributed by atoms with Crippen molar-refractivity contribution in [3.63, 3.8) is 0 Å². The van der Waals surface area contributed by atoms with Crippen LogP contribution in [0.15, 0.2) is 54.6 Å². The molecule has 4 heteroatoms. The molecule has 0 aromatic heterocycles. The Morgan fingerprint density at radius 3 is 2.42 bits per heavy atom. The Bertz CT molecular complexity index is 692. The Hall–Kier alpha value is -2.33. The predicted octanol–water partition coefficient (Wildman–Crippen LogP) is 3.54. The molecule has 1 atom stereocenters. The molecule has 1 saturated heterocycles. The molecule has 1 fully saturated rings. The van der Waals surface area contributed by atoms with E-state index in [0.29, 0.717) is 0 Å². The first-order chi connectivity index (χ1) is 12.6. The first kappa shape index (κ1) is 18.5. The third kappa shape index (κ3) is 5.33. The molecule has 1 N–H and O–H groups in total. The number of aryl methyl sites for hydroxylation is 1. The van der Waals surface area contributed by atoms with Gasteiger partial charge in [-0.25, -0.2) is 0 Å². The number of rotatable bonds is 6. The summed E-state index contributed by atoms with van der Waals surface area (Å²) in [6, 6.07) is 18.6. The molecule has 0 bridgehead atoms. The lowest BCUT2D eigenvalue weighted by molar-refractivity contribution is -0.128. The number of nitrogens with zero attached hydrogens (tertiary/aromatic N) is 1. The van der Waals surface area contributed by atoms with Gasteiger partial charge >= 0.3 is 0 Å². The average Bonchev–Trinajstić information content (AvgIpc) is 2.66. The molecule has 1 aliphatic heterocycles. The fourth-order valence-electron chi connectivity index (χ4n) is 3.27. The summed E-state index contributed by atoms with van der Waals surface area (Å²) < 4.78 is 5.75. The van der Waals surface area contributed by atoms with Crippen LogP contribution in [-0.4, -0.2) is 36.0 Å². The summed E-state index contributed by atoms with van der Waals surface area (Å²) in [6.07, 6.45) is 1.48. The van der Waals surface area contributed by atoms with E-state index in [4.69, 9.17) is 4.74 Å². The zero-order chi connectivity index (χ0) is 18.4. The van der Waals surface area contributed by atoms with Crippen molar-refractivity contribution in [3.8, 4) is 5.75 Å². The second-order valence-corrected chi connectivity index (χ2v) is 7.12. The molecule has 0 radical (unpaired) electrons. The SMILES string of the molecule is Cc1ccc(O[C@H](C)C(=O)NC2CCN(Cc3ccccc3)CC2)cc1. The van der Waals surface area contributed by atoms with Crippen LogP contribution in [0.5, 0.6) is 5.75 Å². The predicted molar refractivity (Wildman–Crippen MR) is 104 cm³/mol. The number of benzene rings is 2. The number of amides is 1. The number of ether oxygens (including phenoxy) is 1. The van der Waals surface area contributed by atoms with Gasteiger partial charge in [0.25, 0.3) is 5.91 Å². The van der Waals surface area contributed by atoms with E-state index in [0.717, 1.165) is 38.2 Å². The Balaban J connectivity index is 1.42. The van der Waals surface area contributed by atoms with Crippen molar-refractivity contribution >= 4 is 5.91 Å². The highest BCUT2D eigenvalue weighted by molar-refractivity contribution is 5.81. The summed E-state index contributed by atoms with van der Waals surface area (Å²) in [5, 5.41) is 3.14. The monoisotopic (exact) mass is 352 g/mol. The normalized spacial score (nSPS) is 16.8. The molecule has 0 unspecified atom stereocenters. The van der Waals surface area contributed by atoms with Crippen molar-refractivity contribution in [2.24, 2.45) is 0 Å². The molecule has 2 aromatic rings. The summed E-state index contributed by atoms with van der Waals surface area (Å²) in [4.78, 5) is 14.9. The number of hydrogen-bond acceptors (Lipinski definition) is 3. The molecule has 4 nitrogen and oxygen atoms in total. The van der Waals surface area contributed by atoms with Gasteiger partial charge in [-0.05, 0) is 44.4 Å². The van der Waals surface area contributed by atoms with Crippen LogP contribution in [0.25, 0.3) is 0 Å². The third-order valence-electron chi connectivity index (χ3n) is 4.89. The maximum absolute atomic E-state index is 12.4. The summed E-state index contributed by atoms with van der Waals surface area (Å²) >= 11 is 0. The van der Waals surface area contributed by atoms with E-state index >= 15 is 0 Å². The summed E-state index contributed by atoms with van der Waals surface area (Å²) in [5.41, 5.74) is 2.52. The van der Waals surface area contributed by atoms with Crippen molar-refractivity contribution in [1.29, 1.82) is 0 Å². The van der Waals surface area contributed by atoms with Crippen LogP contribution in [0.4, 0.5) is 0 Å². The van der Waals surface area contributed by atoms with Gasteiger partial charge in [-0.3, -0.25) is 9.69 Å². The molecule has 1 aliphatic rings. The Labute approximate surface area is 156 Å². The lowest BCUT2D eigenvalue weighted by Crippen LogP contribution is -2.47. The van der Waals surface area contributed by atoms with Crippen molar-refractivity contribution in [2.45, 2.75) is 45.4 Å². The van der Waals surface area contributed by atoms with Crippen LogP contribution in [0.3, 0.4) is 0 Å². The van der Waals surface area contributed by atoms with Crippen molar-refractivity contribution in [1.82, 2.24) is 10.2 Å². The highest BCUT2D eigenvalue weighted by atomic mass is 16.5. The van der Waals surface area contributed by atoms with Gasteiger partial charge in [0.05, 0.1) is 0 Å². The number of nitrogens with one attached hydrogen (secondary N) is 1. The second-order valence-electron chi connectivity index (χ2n) is 7.12. The van der Waals surface area contributed by atoms with Gasteiger partial charge in [-0.1, -0.05) is 48.0 Å². The fourth-order valence-corrected chi connectivity index (χ4v) is 3.27. The van der Waals surface area contributed by atoms with Gasteiger partial charge in [0.1, 0.15) is 5.75 Å². The van der Waals surface area contributed by atoms with E-state index in [1.165, 1.54) is 11.1 Å². The number of piperidine rings is 1. The van der Waals surface area contributed by atoms with Crippen LogP contribution < -0.4 is 10.1 Å². The molecule has 0 spiro atoms. The van der Waals surface area contributed by atoms with Crippen molar-refractivity contribution in [3.05, 3.63) is 65.7 Å². The van der Waals surface area contributed by atoms with Gasteiger partial charge in [0, 0.05) is 25.7 Å². The number of likely N-dealkylation sites (tertiary alicyclic amines) is 1. The molecule has 3 rings (SSSR count). The summed E-state index contributed by atoms with van der Waals surface area (Å²) in [7, 11) is 0. The van der Waals surface area contributed by atoms with Crippen molar-refractivity contribution in [2.75, 3.05) is 13.1 Å². The minimum Gasteiger partial charge on any atom is -0.481 e. The zero-order valence-electron chi connectivity index (χ0n) is 15.7. The largest absolute Gasteiger partial charge is 0.481 e. The summed E-state index contributed by atoms with van der Waals surface area (Å²) in [5.74, 6) is 0.697. The van der Waals surface area contributed by atoms with Crippen LogP contribution in [0.2, 0.25) is 0 Å². The van der Waals surface area contributed by atoms with E-state index in [2.05, 4.69) is 34.5 Å². The van der Waals surface area contributed by atoms with Gasteiger partial charge in [-0.15, -0.1) is 0 Å².